The molecule has 0 saturated carbocycles. The summed E-state index contributed by atoms with van der Waals surface area (Å²) in [5, 5.41) is 0. The summed E-state index contributed by atoms with van der Waals surface area (Å²) in [5.74, 6) is 1.65. The minimum absolute atomic E-state index is 0.0905. The van der Waals surface area contributed by atoms with Gasteiger partial charge in [0.05, 0.1) is 6.20 Å². The number of carbonyl (C=O) groups is 1. The van der Waals surface area contributed by atoms with Gasteiger partial charge in [-0.1, -0.05) is 30.3 Å². The third-order valence-electron chi connectivity index (χ3n) is 4.02. The van der Waals surface area contributed by atoms with Gasteiger partial charge in [0, 0.05) is 25.9 Å². The van der Waals surface area contributed by atoms with Crippen molar-refractivity contribution >= 4 is 11.9 Å². The van der Waals surface area contributed by atoms with Gasteiger partial charge in [-0.25, -0.2) is 9.78 Å². The van der Waals surface area contributed by atoms with Crippen LogP contribution >= 0.6 is 0 Å². The molecular formula is C18H21N3O3. The van der Waals surface area contributed by atoms with Crippen LogP contribution in [0.3, 0.4) is 0 Å². The number of piperidine rings is 1. The van der Waals surface area contributed by atoms with E-state index in [1.807, 2.05) is 42.5 Å². The van der Waals surface area contributed by atoms with Crippen LogP contribution in [0.4, 0.5) is 10.6 Å². The van der Waals surface area contributed by atoms with Crippen molar-refractivity contribution < 1.29 is 14.3 Å². The molecule has 2 aromatic rings. The fraction of sp³-hybridized carbons (Fsp3) is 0.333. The number of benzene rings is 1. The maximum absolute atomic E-state index is 10.8. The molecular weight excluding hydrogens is 306 g/mol. The number of nitrogens with two attached hydrogens (primary N) is 1. The molecule has 1 aliphatic rings. The summed E-state index contributed by atoms with van der Waals surface area (Å²) < 4.78 is 10.8. The molecule has 2 N–H and O–H groups in total. The Balaban J connectivity index is 1.51. The van der Waals surface area contributed by atoms with Crippen molar-refractivity contribution in [3.8, 4) is 5.75 Å². The number of nitrogens with zero attached hydrogens (tertiary/aromatic N) is 2. The number of amides is 1. The van der Waals surface area contributed by atoms with Gasteiger partial charge in [-0.05, 0) is 17.7 Å². The summed E-state index contributed by atoms with van der Waals surface area (Å²) in [6, 6.07) is 13.9. The first-order valence-corrected chi connectivity index (χ1v) is 8.04. The Morgan fingerprint density at radius 2 is 1.92 bits per heavy atom. The molecule has 1 aromatic heterocycles. The monoisotopic (exact) mass is 327 g/mol. The standard InChI is InChI=1S/C18H21N3O3/c19-18(22)24-15-8-10-21(11-9-15)17-7-6-16(12-20-17)23-13-14-4-2-1-3-5-14/h1-7,12,15H,8-11,13H2,(H2,19,22). The molecule has 0 radical (unpaired) electrons. The van der Waals surface area contributed by atoms with E-state index in [4.69, 9.17) is 15.2 Å². The molecule has 1 amide bonds. The molecule has 0 atom stereocenters. The molecule has 3 rings (SSSR count). The van der Waals surface area contributed by atoms with Crippen molar-refractivity contribution in [2.45, 2.75) is 25.6 Å². The maximum Gasteiger partial charge on any atom is 0.404 e. The topological polar surface area (TPSA) is 77.7 Å². The van der Waals surface area contributed by atoms with E-state index in [9.17, 15) is 4.79 Å². The fourth-order valence-corrected chi connectivity index (χ4v) is 2.75. The second kappa shape index (κ2) is 7.68. The Morgan fingerprint density at radius 1 is 1.17 bits per heavy atom. The fourth-order valence-electron chi connectivity index (χ4n) is 2.75. The number of hydrogen-bond acceptors (Lipinski definition) is 5. The number of carbonyl (C=O) groups excluding carboxylic acids is 1. The zero-order valence-electron chi connectivity index (χ0n) is 13.4. The molecule has 1 saturated heterocycles. The highest BCUT2D eigenvalue weighted by molar-refractivity contribution is 5.64. The number of rotatable bonds is 5. The minimum Gasteiger partial charge on any atom is -0.487 e. The third kappa shape index (κ3) is 4.38. The number of anilines is 1. The van der Waals surface area contributed by atoms with Crippen LogP contribution in [0.15, 0.2) is 48.7 Å². The number of ether oxygens (including phenoxy) is 2. The minimum atomic E-state index is -0.702. The van der Waals surface area contributed by atoms with Crippen molar-refractivity contribution in [3.05, 3.63) is 54.2 Å². The lowest BCUT2D eigenvalue weighted by molar-refractivity contribution is 0.0911. The normalized spacial score (nSPS) is 15.1. The van der Waals surface area contributed by atoms with Crippen molar-refractivity contribution in [2.75, 3.05) is 18.0 Å². The highest BCUT2D eigenvalue weighted by Gasteiger charge is 2.22. The van der Waals surface area contributed by atoms with Crippen LogP contribution < -0.4 is 15.4 Å². The number of primary amides is 1. The first-order chi connectivity index (χ1) is 11.7. The van der Waals surface area contributed by atoms with E-state index in [1.165, 1.54) is 0 Å². The first-order valence-electron chi connectivity index (χ1n) is 8.04. The van der Waals surface area contributed by atoms with Crippen LogP contribution in [0, 0.1) is 0 Å². The maximum atomic E-state index is 10.8. The summed E-state index contributed by atoms with van der Waals surface area (Å²) in [5.41, 5.74) is 6.18. The summed E-state index contributed by atoms with van der Waals surface area (Å²) in [6.07, 6.45) is 2.47. The van der Waals surface area contributed by atoms with Crippen LogP contribution in [0.25, 0.3) is 0 Å². The van der Waals surface area contributed by atoms with Gasteiger partial charge in [0.25, 0.3) is 0 Å². The SMILES string of the molecule is NC(=O)OC1CCN(c2ccc(OCc3ccccc3)cn2)CC1. The second-order valence-electron chi connectivity index (χ2n) is 5.75. The average molecular weight is 327 g/mol. The Bertz CT molecular complexity index is 653. The lowest BCUT2D eigenvalue weighted by Crippen LogP contribution is -2.39. The predicted molar refractivity (Wildman–Crippen MR) is 90.9 cm³/mol. The van der Waals surface area contributed by atoms with Crippen molar-refractivity contribution in [1.29, 1.82) is 0 Å². The van der Waals surface area contributed by atoms with Gasteiger partial charge in [-0.3, -0.25) is 0 Å². The summed E-state index contributed by atoms with van der Waals surface area (Å²) in [4.78, 5) is 17.4. The van der Waals surface area contributed by atoms with E-state index in [-0.39, 0.29) is 6.10 Å². The lowest BCUT2D eigenvalue weighted by atomic mass is 10.1. The third-order valence-corrected chi connectivity index (χ3v) is 4.02. The molecule has 6 heteroatoms. The van der Waals surface area contributed by atoms with Crippen LogP contribution in [0.1, 0.15) is 18.4 Å². The van der Waals surface area contributed by atoms with E-state index in [0.29, 0.717) is 6.61 Å². The largest absolute Gasteiger partial charge is 0.487 e. The van der Waals surface area contributed by atoms with Gasteiger partial charge in [0.1, 0.15) is 24.3 Å². The van der Waals surface area contributed by atoms with Crippen molar-refractivity contribution in [3.63, 3.8) is 0 Å². The Kier molecular flexibility index (Phi) is 5.15. The average Bonchev–Trinajstić information content (AvgIpc) is 2.62. The highest BCUT2D eigenvalue weighted by atomic mass is 16.6. The zero-order chi connectivity index (χ0) is 16.8. The predicted octanol–water partition coefficient (Wildman–Crippen LogP) is 2.72. The van der Waals surface area contributed by atoms with Gasteiger partial charge in [0.15, 0.2) is 0 Å². The molecule has 1 fully saturated rings. The van der Waals surface area contributed by atoms with Gasteiger partial charge in [-0.2, -0.15) is 0 Å². The molecule has 1 aromatic carbocycles. The Hall–Kier alpha value is -2.76. The van der Waals surface area contributed by atoms with Gasteiger partial charge >= 0.3 is 6.09 Å². The number of pyridine rings is 1. The van der Waals surface area contributed by atoms with Gasteiger partial charge in [0.2, 0.25) is 0 Å². The second-order valence-corrected chi connectivity index (χ2v) is 5.75. The molecule has 6 nitrogen and oxygen atoms in total. The highest BCUT2D eigenvalue weighted by Crippen LogP contribution is 2.21. The zero-order valence-corrected chi connectivity index (χ0v) is 13.4. The molecule has 0 aliphatic carbocycles. The summed E-state index contributed by atoms with van der Waals surface area (Å²) >= 11 is 0. The van der Waals surface area contributed by atoms with Gasteiger partial charge in [-0.15, -0.1) is 0 Å². The van der Waals surface area contributed by atoms with E-state index >= 15 is 0 Å². The Morgan fingerprint density at radius 3 is 2.54 bits per heavy atom. The van der Waals surface area contributed by atoms with Crippen molar-refractivity contribution in [2.24, 2.45) is 5.73 Å². The molecule has 2 heterocycles. The van der Waals surface area contributed by atoms with E-state index in [1.54, 1.807) is 6.20 Å². The van der Waals surface area contributed by atoms with Crippen LogP contribution in [-0.2, 0) is 11.3 Å². The molecule has 126 valence electrons. The smallest absolute Gasteiger partial charge is 0.404 e. The quantitative estimate of drug-likeness (QED) is 0.913. The van der Waals surface area contributed by atoms with Crippen LogP contribution in [-0.4, -0.2) is 30.3 Å². The van der Waals surface area contributed by atoms with E-state index in [0.717, 1.165) is 43.1 Å². The van der Waals surface area contributed by atoms with E-state index in [2.05, 4.69) is 9.88 Å². The number of hydrogen-bond donors (Lipinski definition) is 1. The molecule has 0 bridgehead atoms. The molecule has 0 spiro atoms. The molecule has 24 heavy (non-hydrogen) atoms. The lowest BCUT2D eigenvalue weighted by Gasteiger charge is -2.32. The molecule has 1 aliphatic heterocycles. The summed E-state index contributed by atoms with van der Waals surface area (Å²) in [6.45, 7) is 2.10. The van der Waals surface area contributed by atoms with Gasteiger partial charge < -0.3 is 20.1 Å². The Labute approximate surface area is 141 Å². The van der Waals surface area contributed by atoms with Crippen molar-refractivity contribution in [1.82, 2.24) is 4.98 Å². The number of aromatic nitrogens is 1. The molecule has 0 unspecified atom stereocenters. The van der Waals surface area contributed by atoms with Crippen LogP contribution in [0.2, 0.25) is 0 Å². The van der Waals surface area contributed by atoms with Crippen LogP contribution in [0.5, 0.6) is 5.75 Å². The first kappa shape index (κ1) is 16.1. The van der Waals surface area contributed by atoms with E-state index < -0.39 is 6.09 Å². The summed E-state index contributed by atoms with van der Waals surface area (Å²) in [7, 11) is 0.